The Morgan fingerprint density at radius 1 is 0.690 bits per heavy atom. The molecule has 0 atom stereocenters. The van der Waals surface area contributed by atoms with Crippen LogP contribution in [0.1, 0.15) is 110 Å². The van der Waals surface area contributed by atoms with Gasteiger partial charge in [-0.2, -0.15) is 0 Å². The molecule has 238 valence electrons. The zero-order valence-corrected chi connectivity index (χ0v) is 25.7. The lowest BCUT2D eigenvalue weighted by molar-refractivity contribution is -0.146. The standard InChI is InChI=1S/C31H53N5O6/c1-22(2)19-36(28(38)21-35(18-17-29(39)40)30(41)23-9-5-3-6-10-23)20-27(37)32-25-13-15-26(16-14-25)34-31(42)33-24-11-7-4-8-12-24/h22-26H,3-21H2,1-2H3,(H,32,37)(H,39,40)(H2,33,34,42). The molecule has 5 amide bonds. The number of carbonyl (C=O) groups is 5. The second-order valence-corrected chi connectivity index (χ2v) is 13.0. The number of carboxylic acid groups (broad SMARTS) is 1. The van der Waals surface area contributed by atoms with E-state index in [-0.39, 0.29) is 79.8 Å². The van der Waals surface area contributed by atoms with Gasteiger partial charge in [-0.15, -0.1) is 0 Å². The fraction of sp³-hybridized carbons (Fsp3) is 0.839. The third-order valence-electron chi connectivity index (χ3n) is 8.83. The van der Waals surface area contributed by atoms with Crippen molar-refractivity contribution in [1.82, 2.24) is 25.8 Å². The van der Waals surface area contributed by atoms with Gasteiger partial charge < -0.3 is 30.9 Å². The summed E-state index contributed by atoms with van der Waals surface area (Å²) in [4.78, 5) is 66.2. The van der Waals surface area contributed by atoms with Gasteiger partial charge in [-0.05, 0) is 57.3 Å². The monoisotopic (exact) mass is 591 g/mol. The topological polar surface area (TPSA) is 148 Å². The predicted octanol–water partition coefficient (Wildman–Crippen LogP) is 3.41. The van der Waals surface area contributed by atoms with Crippen LogP contribution in [0.25, 0.3) is 0 Å². The summed E-state index contributed by atoms with van der Waals surface area (Å²) in [5.74, 6) is -1.82. The van der Waals surface area contributed by atoms with Crippen molar-refractivity contribution >= 4 is 29.7 Å². The summed E-state index contributed by atoms with van der Waals surface area (Å²) in [5.41, 5.74) is 0. The number of rotatable bonds is 13. The van der Waals surface area contributed by atoms with Crippen LogP contribution < -0.4 is 16.0 Å². The summed E-state index contributed by atoms with van der Waals surface area (Å²) in [6, 6.07) is 0.226. The highest BCUT2D eigenvalue weighted by Gasteiger charge is 2.30. The van der Waals surface area contributed by atoms with Crippen LogP contribution >= 0.6 is 0 Å². The van der Waals surface area contributed by atoms with E-state index in [2.05, 4.69) is 16.0 Å². The Labute approximate surface area is 250 Å². The minimum absolute atomic E-state index is 0.0198. The van der Waals surface area contributed by atoms with Gasteiger partial charge in [0.25, 0.3) is 0 Å². The first-order valence-corrected chi connectivity index (χ1v) is 16.3. The molecule has 0 radical (unpaired) electrons. The maximum absolute atomic E-state index is 13.4. The van der Waals surface area contributed by atoms with Crippen LogP contribution in [0.3, 0.4) is 0 Å². The van der Waals surface area contributed by atoms with Crippen molar-refractivity contribution in [1.29, 1.82) is 0 Å². The second kappa shape index (κ2) is 17.3. The Hall–Kier alpha value is -2.85. The Balaban J connectivity index is 1.48. The molecule has 0 unspecified atom stereocenters. The number of aliphatic carboxylic acids is 1. The van der Waals surface area contributed by atoms with Crippen molar-refractivity contribution < 1.29 is 29.1 Å². The molecule has 0 bridgehead atoms. The lowest BCUT2D eigenvalue weighted by Crippen LogP contribution is -2.51. The van der Waals surface area contributed by atoms with Crippen molar-refractivity contribution in [2.24, 2.45) is 11.8 Å². The molecule has 3 rings (SSSR count). The summed E-state index contributed by atoms with van der Waals surface area (Å²) in [6.07, 6.45) is 13.0. The first-order chi connectivity index (χ1) is 20.1. The van der Waals surface area contributed by atoms with E-state index >= 15 is 0 Å². The number of hydrogen-bond donors (Lipinski definition) is 4. The molecule has 0 saturated heterocycles. The van der Waals surface area contributed by atoms with Gasteiger partial charge in [-0.1, -0.05) is 52.4 Å². The van der Waals surface area contributed by atoms with Crippen molar-refractivity contribution in [2.75, 3.05) is 26.2 Å². The van der Waals surface area contributed by atoms with E-state index in [0.29, 0.717) is 6.54 Å². The highest BCUT2D eigenvalue weighted by molar-refractivity contribution is 5.89. The molecule has 3 fully saturated rings. The smallest absolute Gasteiger partial charge is 0.315 e. The Morgan fingerprint density at radius 3 is 1.76 bits per heavy atom. The average Bonchev–Trinajstić information content (AvgIpc) is 2.96. The largest absolute Gasteiger partial charge is 0.481 e. The maximum atomic E-state index is 13.4. The predicted molar refractivity (Wildman–Crippen MR) is 160 cm³/mol. The van der Waals surface area contributed by atoms with Crippen LogP contribution in [-0.2, 0) is 19.2 Å². The lowest BCUT2D eigenvalue weighted by atomic mass is 9.88. The van der Waals surface area contributed by atoms with Crippen LogP contribution in [0.5, 0.6) is 0 Å². The zero-order valence-electron chi connectivity index (χ0n) is 25.7. The molecule has 3 aliphatic rings. The minimum Gasteiger partial charge on any atom is -0.481 e. The molecule has 4 N–H and O–H groups in total. The van der Waals surface area contributed by atoms with Crippen LogP contribution in [0.4, 0.5) is 4.79 Å². The molecule has 0 aromatic carbocycles. The summed E-state index contributed by atoms with van der Waals surface area (Å²) in [5, 5.41) is 18.5. The van der Waals surface area contributed by atoms with E-state index in [1.807, 2.05) is 13.8 Å². The van der Waals surface area contributed by atoms with Crippen LogP contribution in [0.15, 0.2) is 0 Å². The van der Waals surface area contributed by atoms with Gasteiger partial charge in [-0.25, -0.2) is 4.79 Å². The van der Waals surface area contributed by atoms with Crippen molar-refractivity contribution in [3.63, 3.8) is 0 Å². The normalized spacial score (nSPS) is 21.8. The molecule has 3 aliphatic carbocycles. The maximum Gasteiger partial charge on any atom is 0.315 e. The molecule has 11 heteroatoms. The fourth-order valence-electron chi connectivity index (χ4n) is 6.55. The zero-order chi connectivity index (χ0) is 30.5. The second-order valence-electron chi connectivity index (χ2n) is 13.0. The molecular formula is C31H53N5O6. The van der Waals surface area contributed by atoms with Crippen LogP contribution in [-0.4, -0.2) is 88.9 Å². The van der Waals surface area contributed by atoms with Crippen LogP contribution in [0.2, 0.25) is 0 Å². The number of carbonyl (C=O) groups excluding carboxylic acids is 4. The van der Waals surface area contributed by atoms with Gasteiger partial charge >= 0.3 is 12.0 Å². The number of nitrogens with zero attached hydrogens (tertiary/aromatic N) is 2. The number of amides is 5. The van der Waals surface area contributed by atoms with E-state index in [0.717, 1.165) is 83.5 Å². The minimum atomic E-state index is -1.02. The summed E-state index contributed by atoms with van der Waals surface area (Å²) >= 11 is 0. The highest BCUT2D eigenvalue weighted by atomic mass is 16.4. The molecule has 0 aromatic rings. The Morgan fingerprint density at radius 2 is 1.21 bits per heavy atom. The van der Waals surface area contributed by atoms with Gasteiger partial charge in [0, 0.05) is 37.1 Å². The quantitative estimate of drug-likeness (QED) is 0.258. The fourth-order valence-corrected chi connectivity index (χ4v) is 6.55. The van der Waals surface area contributed by atoms with Crippen LogP contribution in [0, 0.1) is 11.8 Å². The number of carboxylic acids is 1. The van der Waals surface area contributed by atoms with E-state index < -0.39 is 5.97 Å². The SMILES string of the molecule is CC(C)CN(CC(=O)NC1CCC(NC(=O)NC2CCCCC2)CC1)C(=O)CN(CCC(=O)O)C(=O)C1CCCCC1. The number of urea groups is 1. The summed E-state index contributed by atoms with van der Waals surface area (Å²) in [6.45, 7) is 3.95. The Kier molecular flexibility index (Phi) is 13.9. The number of hydrogen-bond acceptors (Lipinski definition) is 5. The molecular weight excluding hydrogens is 538 g/mol. The first-order valence-electron chi connectivity index (χ1n) is 16.3. The van der Waals surface area contributed by atoms with Crippen molar-refractivity contribution in [2.45, 2.75) is 128 Å². The van der Waals surface area contributed by atoms with Gasteiger partial charge in [0.1, 0.15) is 0 Å². The highest BCUT2D eigenvalue weighted by Crippen LogP contribution is 2.26. The lowest BCUT2D eigenvalue weighted by Gasteiger charge is -2.33. The van der Waals surface area contributed by atoms with E-state index in [1.165, 1.54) is 16.2 Å². The van der Waals surface area contributed by atoms with Gasteiger partial charge in [0.2, 0.25) is 17.7 Å². The molecule has 3 saturated carbocycles. The summed E-state index contributed by atoms with van der Waals surface area (Å²) in [7, 11) is 0. The first kappa shape index (κ1) is 33.6. The van der Waals surface area contributed by atoms with E-state index in [1.54, 1.807) is 0 Å². The van der Waals surface area contributed by atoms with Gasteiger partial charge in [-0.3, -0.25) is 19.2 Å². The molecule has 0 aromatic heterocycles. The third-order valence-corrected chi connectivity index (χ3v) is 8.83. The molecule has 0 aliphatic heterocycles. The van der Waals surface area contributed by atoms with E-state index in [4.69, 9.17) is 0 Å². The molecule has 0 spiro atoms. The molecule has 11 nitrogen and oxygen atoms in total. The van der Waals surface area contributed by atoms with Gasteiger partial charge in [0.15, 0.2) is 0 Å². The number of nitrogens with one attached hydrogen (secondary N) is 3. The van der Waals surface area contributed by atoms with Gasteiger partial charge in [0.05, 0.1) is 19.5 Å². The Bertz CT molecular complexity index is 907. The summed E-state index contributed by atoms with van der Waals surface area (Å²) < 4.78 is 0. The third kappa shape index (κ3) is 11.8. The van der Waals surface area contributed by atoms with Crippen molar-refractivity contribution in [3.8, 4) is 0 Å². The molecule has 42 heavy (non-hydrogen) atoms. The average molecular weight is 592 g/mol. The molecule has 0 heterocycles. The van der Waals surface area contributed by atoms with Crippen molar-refractivity contribution in [3.05, 3.63) is 0 Å². The van der Waals surface area contributed by atoms with E-state index in [9.17, 15) is 29.1 Å².